The van der Waals surface area contributed by atoms with E-state index in [2.05, 4.69) is 20.6 Å². The van der Waals surface area contributed by atoms with Crippen LogP contribution in [0.1, 0.15) is 49.5 Å². The van der Waals surface area contributed by atoms with Crippen LogP contribution in [0.25, 0.3) is 0 Å². The molecular formula is C19H24N4O2. The molecule has 1 aliphatic carbocycles. The van der Waals surface area contributed by atoms with Gasteiger partial charge in [-0.25, -0.2) is 9.97 Å². The standard InChI is InChI=1S/C19H24N4O2/c1-2-25-17-11-7-6-10-15(17)22-19-20-13-12-16(23-19)18(24)21-14-8-4-3-5-9-14/h6-7,10-14H,2-5,8-9H2,1H3,(H,21,24)(H,20,22,23). The van der Waals surface area contributed by atoms with E-state index in [1.807, 2.05) is 31.2 Å². The highest BCUT2D eigenvalue weighted by Crippen LogP contribution is 2.26. The van der Waals surface area contributed by atoms with Crippen LogP contribution in [-0.4, -0.2) is 28.5 Å². The highest BCUT2D eigenvalue weighted by atomic mass is 16.5. The number of anilines is 2. The maximum Gasteiger partial charge on any atom is 0.270 e. The van der Waals surface area contributed by atoms with Gasteiger partial charge in [0, 0.05) is 12.2 Å². The molecule has 2 N–H and O–H groups in total. The van der Waals surface area contributed by atoms with Crippen molar-refractivity contribution in [1.29, 1.82) is 0 Å². The molecule has 0 radical (unpaired) electrons. The van der Waals surface area contributed by atoms with E-state index in [0.29, 0.717) is 18.2 Å². The summed E-state index contributed by atoms with van der Waals surface area (Å²) in [5.41, 5.74) is 1.14. The number of nitrogens with zero attached hydrogens (tertiary/aromatic N) is 2. The van der Waals surface area contributed by atoms with Crippen molar-refractivity contribution >= 4 is 17.5 Å². The summed E-state index contributed by atoms with van der Waals surface area (Å²) in [6.45, 7) is 2.51. The number of carbonyl (C=O) groups excluding carboxylic acids is 1. The predicted octanol–water partition coefficient (Wildman–Crippen LogP) is 3.68. The molecule has 1 amide bonds. The smallest absolute Gasteiger partial charge is 0.270 e. The lowest BCUT2D eigenvalue weighted by Crippen LogP contribution is -2.36. The van der Waals surface area contributed by atoms with Gasteiger partial charge in [0.05, 0.1) is 12.3 Å². The number of rotatable bonds is 6. The summed E-state index contributed by atoms with van der Waals surface area (Å²) in [5, 5.41) is 6.21. The molecule has 1 aromatic carbocycles. The van der Waals surface area contributed by atoms with Gasteiger partial charge in [0.25, 0.3) is 5.91 Å². The second-order valence-electron chi connectivity index (χ2n) is 6.13. The van der Waals surface area contributed by atoms with Crippen molar-refractivity contribution in [3.63, 3.8) is 0 Å². The van der Waals surface area contributed by atoms with Crippen molar-refractivity contribution in [2.45, 2.75) is 45.1 Å². The van der Waals surface area contributed by atoms with Crippen LogP contribution in [0.3, 0.4) is 0 Å². The molecule has 2 aromatic rings. The number of aromatic nitrogens is 2. The Kier molecular flexibility index (Phi) is 5.82. The molecule has 0 saturated heterocycles. The molecule has 0 atom stereocenters. The highest BCUT2D eigenvalue weighted by Gasteiger charge is 2.18. The van der Waals surface area contributed by atoms with Gasteiger partial charge in [-0.2, -0.15) is 0 Å². The fourth-order valence-corrected chi connectivity index (χ4v) is 3.02. The average molecular weight is 340 g/mol. The number of nitrogens with one attached hydrogen (secondary N) is 2. The summed E-state index contributed by atoms with van der Waals surface area (Å²) in [5.74, 6) is 0.963. The highest BCUT2D eigenvalue weighted by molar-refractivity contribution is 5.92. The minimum atomic E-state index is -0.143. The van der Waals surface area contributed by atoms with Crippen molar-refractivity contribution < 1.29 is 9.53 Å². The van der Waals surface area contributed by atoms with Crippen LogP contribution in [0.5, 0.6) is 5.75 Å². The monoisotopic (exact) mass is 340 g/mol. The zero-order valence-electron chi connectivity index (χ0n) is 14.5. The van der Waals surface area contributed by atoms with Crippen LogP contribution in [0.4, 0.5) is 11.6 Å². The summed E-state index contributed by atoms with van der Waals surface area (Å²) in [4.78, 5) is 21.0. The van der Waals surface area contributed by atoms with E-state index in [0.717, 1.165) is 24.3 Å². The maximum atomic E-state index is 12.4. The number of carbonyl (C=O) groups is 1. The fraction of sp³-hybridized carbons (Fsp3) is 0.421. The molecule has 0 bridgehead atoms. The van der Waals surface area contributed by atoms with Crippen molar-refractivity contribution in [2.75, 3.05) is 11.9 Å². The average Bonchev–Trinajstić information content (AvgIpc) is 2.65. The molecular weight excluding hydrogens is 316 g/mol. The number of benzene rings is 1. The third kappa shape index (κ3) is 4.68. The summed E-state index contributed by atoms with van der Waals surface area (Å²) < 4.78 is 5.59. The normalized spacial score (nSPS) is 14.8. The second kappa shape index (κ2) is 8.46. The molecule has 1 fully saturated rings. The number of hydrogen-bond acceptors (Lipinski definition) is 5. The third-order valence-electron chi connectivity index (χ3n) is 4.26. The lowest BCUT2D eigenvalue weighted by atomic mass is 9.95. The van der Waals surface area contributed by atoms with E-state index in [9.17, 15) is 4.79 Å². The predicted molar refractivity (Wildman–Crippen MR) is 97.3 cm³/mol. The molecule has 1 aromatic heterocycles. The van der Waals surface area contributed by atoms with Crippen LogP contribution in [-0.2, 0) is 0 Å². The zero-order valence-corrected chi connectivity index (χ0v) is 14.5. The molecule has 3 rings (SSSR count). The van der Waals surface area contributed by atoms with Gasteiger partial charge >= 0.3 is 0 Å². The van der Waals surface area contributed by atoms with Gasteiger partial charge in [0.1, 0.15) is 11.4 Å². The molecule has 132 valence electrons. The molecule has 1 aliphatic rings. The largest absolute Gasteiger partial charge is 0.492 e. The van der Waals surface area contributed by atoms with Crippen LogP contribution in [0, 0.1) is 0 Å². The molecule has 25 heavy (non-hydrogen) atoms. The lowest BCUT2D eigenvalue weighted by molar-refractivity contribution is 0.0922. The van der Waals surface area contributed by atoms with Crippen molar-refractivity contribution in [1.82, 2.24) is 15.3 Å². The number of para-hydroxylation sites is 2. The van der Waals surface area contributed by atoms with E-state index in [1.54, 1.807) is 12.3 Å². The van der Waals surface area contributed by atoms with Crippen molar-refractivity contribution in [3.05, 3.63) is 42.2 Å². The van der Waals surface area contributed by atoms with Crippen LogP contribution < -0.4 is 15.4 Å². The van der Waals surface area contributed by atoms with Gasteiger partial charge in [-0.1, -0.05) is 31.4 Å². The first-order valence-corrected chi connectivity index (χ1v) is 8.89. The van der Waals surface area contributed by atoms with Gasteiger partial charge < -0.3 is 15.4 Å². The van der Waals surface area contributed by atoms with Gasteiger partial charge in [0.2, 0.25) is 5.95 Å². The van der Waals surface area contributed by atoms with Crippen LogP contribution in [0.15, 0.2) is 36.5 Å². The van der Waals surface area contributed by atoms with Crippen LogP contribution in [0.2, 0.25) is 0 Å². The molecule has 1 saturated carbocycles. The number of ether oxygens (including phenoxy) is 1. The summed E-state index contributed by atoms with van der Waals surface area (Å²) in [6.07, 6.45) is 7.29. The Labute approximate surface area is 148 Å². The SMILES string of the molecule is CCOc1ccccc1Nc1nccc(C(=O)NC2CCCCC2)n1. The molecule has 0 spiro atoms. The van der Waals surface area contributed by atoms with Gasteiger partial charge in [0.15, 0.2) is 0 Å². The molecule has 6 heteroatoms. The van der Waals surface area contributed by atoms with E-state index in [-0.39, 0.29) is 11.9 Å². The van der Waals surface area contributed by atoms with E-state index < -0.39 is 0 Å². The van der Waals surface area contributed by atoms with Crippen LogP contribution >= 0.6 is 0 Å². The Morgan fingerprint density at radius 3 is 2.80 bits per heavy atom. The Hall–Kier alpha value is -2.63. The summed E-state index contributed by atoms with van der Waals surface area (Å²) in [7, 11) is 0. The van der Waals surface area contributed by atoms with E-state index >= 15 is 0 Å². The molecule has 0 unspecified atom stereocenters. The lowest BCUT2D eigenvalue weighted by Gasteiger charge is -2.22. The first-order valence-electron chi connectivity index (χ1n) is 8.89. The Balaban J connectivity index is 1.70. The minimum Gasteiger partial charge on any atom is -0.492 e. The van der Waals surface area contributed by atoms with Gasteiger partial charge in [-0.15, -0.1) is 0 Å². The zero-order chi connectivity index (χ0) is 17.5. The van der Waals surface area contributed by atoms with E-state index in [4.69, 9.17) is 4.74 Å². The first-order chi connectivity index (χ1) is 12.3. The molecule has 0 aliphatic heterocycles. The van der Waals surface area contributed by atoms with Gasteiger partial charge in [-0.3, -0.25) is 4.79 Å². The minimum absolute atomic E-state index is 0.143. The summed E-state index contributed by atoms with van der Waals surface area (Å²) in [6, 6.07) is 9.48. The maximum absolute atomic E-state index is 12.4. The topological polar surface area (TPSA) is 76.1 Å². The number of amides is 1. The molecule has 6 nitrogen and oxygen atoms in total. The van der Waals surface area contributed by atoms with E-state index in [1.165, 1.54) is 19.3 Å². The Bertz CT molecular complexity index is 714. The van der Waals surface area contributed by atoms with Crippen molar-refractivity contribution in [2.24, 2.45) is 0 Å². The Morgan fingerprint density at radius 1 is 1.20 bits per heavy atom. The first kappa shape index (κ1) is 17.2. The van der Waals surface area contributed by atoms with Crippen molar-refractivity contribution in [3.8, 4) is 5.75 Å². The number of hydrogen-bond donors (Lipinski definition) is 2. The quantitative estimate of drug-likeness (QED) is 0.839. The summed E-state index contributed by atoms with van der Waals surface area (Å²) >= 11 is 0. The third-order valence-corrected chi connectivity index (χ3v) is 4.26. The fourth-order valence-electron chi connectivity index (χ4n) is 3.02. The Morgan fingerprint density at radius 2 is 2.00 bits per heavy atom. The van der Waals surface area contributed by atoms with Gasteiger partial charge in [-0.05, 0) is 38.0 Å². The second-order valence-corrected chi connectivity index (χ2v) is 6.13. The molecule has 1 heterocycles.